The molecule has 1 saturated heterocycles. The molecule has 21 heavy (non-hydrogen) atoms. The Morgan fingerprint density at radius 2 is 2.10 bits per heavy atom. The predicted octanol–water partition coefficient (Wildman–Crippen LogP) is 2.36. The Kier molecular flexibility index (Phi) is 5.79. The first kappa shape index (κ1) is 16.5. The standard InChI is InChI=1S/C16H26N2O2S/c1-3-8-17-11-15-5-4-6-16(10-15)13-21(19,20)18-9-7-14(2)12-18/h4-6,10,14,17H,3,7-9,11-13H2,1-2H3. The minimum atomic E-state index is -3.17. The average Bonchev–Trinajstić information content (AvgIpc) is 2.87. The Morgan fingerprint density at radius 1 is 1.33 bits per heavy atom. The highest BCUT2D eigenvalue weighted by Crippen LogP contribution is 2.21. The number of rotatable bonds is 7. The van der Waals surface area contributed by atoms with Crippen LogP contribution in [0.2, 0.25) is 0 Å². The Labute approximate surface area is 128 Å². The molecule has 0 bridgehead atoms. The van der Waals surface area contributed by atoms with Crippen molar-refractivity contribution in [3.8, 4) is 0 Å². The van der Waals surface area contributed by atoms with Crippen LogP contribution in [-0.4, -0.2) is 32.4 Å². The van der Waals surface area contributed by atoms with Gasteiger partial charge in [-0.15, -0.1) is 0 Å². The summed E-state index contributed by atoms with van der Waals surface area (Å²) < 4.78 is 26.5. The molecule has 1 N–H and O–H groups in total. The first-order valence-electron chi connectivity index (χ1n) is 7.77. The SMILES string of the molecule is CCCNCc1cccc(CS(=O)(=O)N2CCC(C)C2)c1. The van der Waals surface area contributed by atoms with E-state index in [1.807, 2.05) is 24.3 Å². The lowest BCUT2D eigenvalue weighted by Gasteiger charge is -2.16. The van der Waals surface area contributed by atoms with Gasteiger partial charge in [0.1, 0.15) is 0 Å². The van der Waals surface area contributed by atoms with E-state index in [-0.39, 0.29) is 5.75 Å². The second-order valence-corrected chi connectivity index (χ2v) is 7.97. The topological polar surface area (TPSA) is 49.4 Å². The fourth-order valence-corrected chi connectivity index (χ4v) is 4.34. The van der Waals surface area contributed by atoms with Crippen LogP contribution in [0.3, 0.4) is 0 Å². The summed E-state index contributed by atoms with van der Waals surface area (Å²) in [6.07, 6.45) is 2.07. The maximum atomic E-state index is 12.4. The monoisotopic (exact) mass is 310 g/mol. The first-order chi connectivity index (χ1) is 10.0. The van der Waals surface area contributed by atoms with Crippen LogP contribution < -0.4 is 5.32 Å². The quantitative estimate of drug-likeness (QED) is 0.787. The molecule has 0 amide bonds. The number of hydrogen-bond acceptors (Lipinski definition) is 3. The van der Waals surface area contributed by atoms with Gasteiger partial charge in [-0.05, 0) is 36.4 Å². The van der Waals surface area contributed by atoms with E-state index in [0.717, 1.165) is 37.1 Å². The lowest BCUT2D eigenvalue weighted by atomic mass is 10.1. The van der Waals surface area contributed by atoms with Crippen LogP contribution in [0.25, 0.3) is 0 Å². The summed E-state index contributed by atoms with van der Waals surface area (Å²) in [5, 5.41) is 3.34. The molecule has 1 heterocycles. The number of hydrogen-bond donors (Lipinski definition) is 1. The van der Waals surface area contributed by atoms with Crippen LogP contribution in [0.1, 0.15) is 37.8 Å². The zero-order valence-corrected chi connectivity index (χ0v) is 13.8. The molecular weight excluding hydrogens is 284 g/mol. The Bertz CT molecular complexity index is 557. The van der Waals surface area contributed by atoms with Crippen LogP contribution in [0.5, 0.6) is 0 Å². The van der Waals surface area contributed by atoms with Crippen molar-refractivity contribution in [2.75, 3.05) is 19.6 Å². The summed E-state index contributed by atoms with van der Waals surface area (Å²) in [7, 11) is -3.17. The van der Waals surface area contributed by atoms with Crippen molar-refractivity contribution in [1.82, 2.24) is 9.62 Å². The molecule has 0 saturated carbocycles. The molecule has 1 fully saturated rings. The van der Waals surface area contributed by atoms with Crippen LogP contribution in [-0.2, 0) is 22.3 Å². The fourth-order valence-electron chi connectivity index (χ4n) is 2.69. The van der Waals surface area contributed by atoms with Crippen LogP contribution in [0.15, 0.2) is 24.3 Å². The molecule has 0 aromatic heterocycles. The maximum Gasteiger partial charge on any atom is 0.218 e. The van der Waals surface area contributed by atoms with Gasteiger partial charge in [-0.3, -0.25) is 0 Å². The van der Waals surface area contributed by atoms with Gasteiger partial charge in [0.25, 0.3) is 0 Å². The van der Waals surface area contributed by atoms with Crippen molar-refractivity contribution in [3.05, 3.63) is 35.4 Å². The van der Waals surface area contributed by atoms with E-state index >= 15 is 0 Å². The summed E-state index contributed by atoms with van der Waals surface area (Å²) in [5.74, 6) is 0.589. The predicted molar refractivity (Wildman–Crippen MR) is 86.4 cm³/mol. The van der Waals surface area contributed by atoms with Gasteiger partial charge in [-0.1, -0.05) is 38.1 Å². The van der Waals surface area contributed by atoms with E-state index in [4.69, 9.17) is 0 Å². The normalized spacial score (nSPS) is 20.0. The second-order valence-electron chi connectivity index (χ2n) is 6.00. The first-order valence-corrected chi connectivity index (χ1v) is 9.38. The molecule has 118 valence electrons. The van der Waals surface area contributed by atoms with E-state index in [9.17, 15) is 8.42 Å². The van der Waals surface area contributed by atoms with Gasteiger partial charge in [0.05, 0.1) is 5.75 Å². The molecule has 4 nitrogen and oxygen atoms in total. The zero-order chi connectivity index (χ0) is 15.3. The summed E-state index contributed by atoms with van der Waals surface area (Å²) in [5.41, 5.74) is 2.02. The molecule has 1 unspecified atom stereocenters. The van der Waals surface area contributed by atoms with Crippen molar-refractivity contribution in [1.29, 1.82) is 0 Å². The minimum absolute atomic E-state index is 0.112. The van der Waals surface area contributed by atoms with Crippen LogP contribution in [0, 0.1) is 5.92 Å². The van der Waals surface area contributed by atoms with E-state index in [2.05, 4.69) is 19.2 Å². The highest BCUT2D eigenvalue weighted by atomic mass is 32.2. The summed E-state index contributed by atoms with van der Waals surface area (Å²) in [6.45, 7) is 7.35. The Balaban J connectivity index is 2.00. The van der Waals surface area contributed by atoms with Gasteiger partial charge in [0, 0.05) is 19.6 Å². The lowest BCUT2D eigenvalue weighted by molar-refractivity contribution is 0.463. The fraction of sp³-hybridized carbons (Fsp3) is 0.625. The molecule has 1 aromatic rings. The summed E-state index contributed by atoms with van der Waals surface area (Å²) in [4.78, 5) is 0. The van der Waals surface area contributed by atoms with Crippen LogP contribution in [0.4, 0.5) is 0 Å². The molecule has 0 radical (unpaired) electrons. The lowest BCUT2D eigenvalue weighted by Crippen LogP contribution is -2.29. The highest BCUT2D eigenvalue weighted by Gasteiger charge is 2.29. The molecule has 5 heteroatoms. The van der Waals surface area contributed by atoms with Crippen molar-refractivity contribution < 1.29 is 8.42 Å². The van der Waals surface area contributed by atoms with E-state index in [1.54, 1.807) is 4.31 Å². The molecular formula is C16H26N2O2S. The second kappa shape index (κ2) is 7.38. The minimum Gasteiger partial charge on any atom is -0.313 e. The number of sulfonamides is 1. The van der Waals surface area contributed by atoms with E-state index in [0.29, 0.717) is 19.0 Å². The van der Waals surface area contributed by atoms with E-state index < -0.39 is 10.0 Å². The third-order valence-electron chi connectivity index (χ3n) is 3.88. The van der Waals surface area contributed by atoms with Crippen molar-refractivity contribution >= 4 is 10.0 Å². The molecule has 1 atom stereocenters. The molecule has 0 aliphatic carbocycles. The largest absolute Gasteiger partial charge is 0.313 e. The van der Waals surface area contributed by atoms with Gasteiger partial charge >= 0.3 is 0 Å². The number of benzene rings is 1. The van der Waals surface area contributed by atoms with Gasteiger partial charge in [0.15, 0.2) is 0 Å². The number of nitrogens with one attached hydrogen (secondary N) is 1. The zero-order valence-electron chi connectivity index (χ0n) is 13.0. The Morgan fingerprint density at radius 3 is 2.76 bits per heavy atom. The third kappa shape index (κ3) is 4.80. The Hall–Kier alpha value is -0.910. The smallest absolute Gasteiger partial charge is 0.218 e. The molecule has 1 aliphatic heterocycles. The van der Waals surface area contributed by atoms with Gasteiger partial charge in [-0.2, -0.15) is 0 Å². The van der Waals surface area contributed by atoms with E-state index in [1.165, 1.54) is 0 Å². The van der Waals surface area contributed by atoms with Crippen molar-refractivity contribution in [3.63, 3.8) is 0 Å². The van der Waals surface area contributed by atoms with Crippen molar-refractivity contribution in [2.45, 2.75) is 39.0 Å². The molecule has 1 aromatic carbocycles. The summed E-state index contributed by atoms with van der Waals surface area (Å²) >= 11 is 0. The third-order valence-corrected chi connectivity index (χ3v) is 5.69. The van der Waals surface area contributed by atoms with Crippen LogP contribution >= 0.6 is 0 Å². The van der Waals surface area contributed by atoms with Crippen molar-refractivity contribution in [2.24, 2.45) is 5.92 Å². The highest BCUT2D eigenvalue weighted by molar-refractivity contribution is 7.88. The molecule has 2 rings (SSSR count). The molecule has 0 spiro atoms. The average molecular weight is 310 g/mol. The maximum absolute atomic E-state index is 12.4. The molecule has 1 aliphatic rings. The van der Waals surface area contributed by atoms with Gasteiger partial charge in [-0.25, -0.2) is 12.7 Å². The van der Waals surface area contributed by atoms with Gasteiger partial charge in [0.2, 0.25) is 10.0 Å². The van der Waals surface area contributed by atoms with Gasteiger partial charge < -0.3 is 5.32 Å². The number of nitrogens with zero attached hydrogens (tertiary/aromatic N) is 1. The summed E-state index contributed by atoms with van der Waals surface area (Å²) in [6, 6.07) is 7.89.